The first kappa shape index (κ1) is 25.5. The first-order chi connectivity index (χ1) is 15.4. The number of fused-ring (bicyclic) bond motifs is 2. The summed E-state index contributed by atoms with van der Waals surface area (Å²) >= 11 is 0. The lowest BCUT2D eigenvalue weighted by atomic mass is 9.83. The molecule has 8 nitrogen and oxygen atoms in total. The summed E-state index contributed by atoms with van der Waals surface area (Å²) in [6, 6.07) is 11.4. The maximum Gasteiger partial charge on any atom is 0.490 e. The zero-order valence-corrected chi connectivity index (χ0v) is 17.4. The Morgan fingerprint density at radius 1 is 1.03 bits per heavy atom. The second kappa shape index (κ2) is 10.7. The van der Waals surface area contributed by atoms with Crippen molar-refractivity contribution >= 4 is 29.2 Å². The summed E-state index contributed by atoms with van der Waals surface area (Å²) in [6.07, 6.45) is -4.53. The third-order valence-corrected chi connectivity index (χ3v) is 4.45. The Hall–Kier alpha value is -3.73. The number of esters is 1. The molecule has 0 amide bonds. The Balaban J connectivity index is 0.000000479. The molecule has 0 heterocycles. The van der Waals surface area contributed by atoms with Crippen molar-refractivity contribution in [2.75, 3.05) is 18.5 Å². The zero-order chi connectivity index (χ0) is 24.8. The van der Waals surface area contributed by atoms with Gasteiger partial charge < -0.3 is 20.9 Å². The third-order valence-electron chi connectivity index (χ3n) is 4.45. The maximum atomic E-state index is 12.9. The van der Waals surface area contributed by atoms with E-state index in [-0.39, 0.29) is 18.2 Å². The van der Waals surface area contributed by atoms with Crippen molar-refractivity contribution in [2.45, 2.75) is 25.6 Å². The van der Waals surface area contributed by atoms with Crippen molar-refractivity contribution in [3.8, 4) is 0 Å². The Morgan fingerprint density at radius 2 is 1.58 bits per heavy atom. The maximum absolute atomic E-state index is 12.9. The van der Waals surface area contributed by atoms with E-state index >= 15 is 0 Å². The number of hydrogen-bond acceptors (Lipinski definition) is 7. The lowest BCUT2D eigenvalue weighted by molar-refractivity contribution is -0.192. The van der Waals surface area contributed by atoms with Gasteiger partial charge in [0.2, 0.25) is 0 Å². The fourth-order valence-corrected chi connectivity index (χ4v) is 2.89. The van der Waals surface area contributed by atoms with E-state index in [0.717, 1.165) is 0 Å². The van der Waals surface area contributed by atoms with Crippen LogP contribution in [0.5, 0.6) is 0 Å². The molecule has 0 saturated carbocycles. The van der Waals surface area contributed by atoms with Gasteiger partial charge in [-0.25, -0.2) is 4.79 Å². The van der Waals surface area contributed by atoms with Crippen LogP contribution in [-0.2, 0) is 14.3 Å². The fourth-order valence-electron chi connectivity index (χ4n) is 2.89. The number of ether oxygens (including phenoxy) is 1. The molecule has 0 bridgehead atoms. The van der Waals surface area contributed by atoms with Crippen LogP contribution in [0.4, 0.5) is 18.9 Å². The molecule has 0 unspecified atom stereocenters. The van der Waals surface area contributed by atoms with Crippen molar-refractivity contribution in [1.29, 1.82) is 0 Å². The Kier molecular flexibility index (Phi) is 8.30. The van der Waals surface area contributed by atoms with E-state index in [0.29, 0.717) is 40.9 Å². The van der Waals surface area contributed by atoms with Crippen molar-refractivity contribution < 1.29 is 42.2 Å². The first-order valence-corrected chi connectivity index (χ1v) is 9.72. The molecule has 0 aromatic heterocycles. The molecule has 0 aliphatic heterocycles. The average Bonchev–Trinajstić information content (AvgIpc) is 2.76. The molecule has 0 spiro atoms. The summed E-state index contributed by atoms with van der Waals surface area (Å²) in [5, 5.41) is 10.3. The number of carbonyl (C=O) groups excluding carboxylic acids is 3. The molecule has 33 heavy (non-hydrogen) atoms. The number of halogens is 3. The quantitative estimate of drug-likeness (QED) is 0.373. The van der Waals surface area contributed by atoms with E-state index < -0.39 is 24.2 Å². The molecule has 1 atom stereocenters. The van der Waals surface area contributed by atoms with E-state index in [4.69, 9.17) is 20.4 Å². The molecule has 4 N–H and O–H groups in total. The number of anilines is 1. The lowest BCUT2D eigenvalue weighted by Crippen LogP contribution is -2.29. The van der Waals surface area contributed by atoms with Crippen LogP contribution in [0.25, 0.3) is 0 Å². The number of nitrogens with two attached hydrogens (primary N) is 1. The topological polar surface area (TPSA) is 136 Å². The number of aliphatic carboxylic acids is 1. The van der Waals surface area contributed by atoms with Gasteiger partial charge in [0, 0.05) is 28.9 Å². The summed E-state index contributed by atoms with van der Waals surface area (Å²) in [5.74, 6) is -3.52. The van der Waals surface area contributed by atoms with E-state index in [1.54, 1.807) is 49.4 Å². The molecule has 11 heteroatoms. The summed E-state index contributed by atoms with van der Waals surface area (Å²) in [4.78, 5) is 45.7. The van der Waals surface area contributed by atoms with Crippen LogP contribution in [0.1, 0.15) is 45.2 Å². The Labute approximate surface area is 186 Å². The molecule has 3 rings (SSSR count). The molecule has 2 aromatic carbocycles. The number of carbonyl (C=O) groups is 4. The predicted octanol–water partition coefficient (Wildman–Crippen LogP) is 2.79. The molecule has 1 aliphatic rings. The van der Waals surface area contributed by atoms with E-state index in [2.05, 4.69) is 5.32 Å². The number of benzene rings is 2. The van der Waals surface area contributed by atoms with Crippen LogP contribution in [0.15, 0.2) is 42.5 Å². The molecule has 1 aliphatic carbocycles. The van der Waals surface area contributed by atoms with Gasteiger partial charge in [0.05, 0.1) is 12.2 Å². The molecule has 0 saturated heterocycles. The van der Waals surface area contributed by atoms with Crippen LogP contribution in [0.2, 0.25) is 0 Å². The highest BCUT2D eigenvalue weighted by atomic mass is 19.4. The number of hydrogen-bond donors (Lipinski definition) is 3. The van der Waals surface area contributed by atoms with Crippen LogP contribution in [0, 0.1) is 0 Å². The monoisotopic (exact) mass is 466 g/mol. The molecular weight excluding hydrogens is 445 g/mol. The van der Waals surface area contributed by atoms with Crippen molar-refractivity contribution in [1.82, 2.24) is 0 Å². The fraction of sp³-hybridized carbons (Fsp3) is 0.273. The number of carboxylic acid groups (broad SMARTS) is 1. The van der Waals surface area contributed by atoms with E-state index in [1.807, 2.05) is 0 Å². The highest BCUT2D eigenvalue weighted by Crippen LogP contribution is 2.31. The van der Waals surface area contributed by atoms with Crippen molar-refractivity contribution in [3.63, 3.8) is 0 Å². The SMILES string of the molecule is C[C@H](N)C(=O)OCCCNc1cccc2c1C(=O)c1ccccc1C2=O.O=C(O)C(F)(F)F. The summed E-state index contributed by atoms with van der Waals surface area (Å²) in [7, 11) is 0. The lowest BCUT2D eigenvalue weighted by Gasteiger charge is -2.20. The minimum absolute atomic E-state index is 0.148. The van der Waals surface area contributed by atoms with Gasteiger partial charge in [-0.15, -0.1) is 0 Å². The standard InChI is InChI=1S/C20H20N2O4.C2HF3O2/c1-12(21)20(25)26-11-5-10-22-16-9-4-8-15-17(16)19(24)14-7-3-2-6-13(14)18(15)23;3-2(4,5)1(6)7/h2-4,6-9,12,22H,5,10-11,21H2,1H3;(H,6,7)/t12-;/m0./s1. The molecular formula is C22H21F3N2O6. The Bertz CT molecular complexity index is 1070. The number of rotatable bonds is 6. The first-order valence-electron chi connectivity index (χ1n) is 9.72. The van der Waals surface area contributed by atoms with Crippen molar-refractivity contribution in [2.24, 2.45) is 5.73 Å². The number of nitrogens with one attached hydrogen (secondary N) is 1. The van der Waals surface area contributed by atoms with Crippen LogP contribution in [0.3, 0.4) is 0 Å². The second-order valence-electron chi connectivity index (χ2n) is 6.97. The second-order valence-corrected chi connectivity index (χ2v) is 6.97. The van der Waals surface area contributed by atoms with Gasteiger partial charge in [0.1, 0.15) is 6.04 Å². The molecule has 176 valence electrons. The average molecular weight is 466 g/mol. The number of alkyl halides is 3. The van der Waals surface area contributed by atoms with Crippen LogP contribution >= 0.6 is 0 Å². The van der Waals surface area contributed by atoms with Crippen LogP contribution in [-0.4, -0.2) is 54.0 Å². The van der Waals surface area contributed by atoms with Gasteiger partial charge in [0.15, 0.2) is 11.6 Å². The largest absolute Gasteiger partial charge is 0.490 e. The Morgan fingerprint density at radius 3 is 2.12 bits per heavy atom. The third kappa shape index (κ3) is 6.39. The van der Waals surface area contributed by atoms with Gasteiger partial charge >= 0.3 is 18.1 Å². The van der Waals surface area contributed by atoms with Crippen molar-refractivity contribution in [3.05, 3.63) is 64.7 Å². The number of carboxylic acids is 1. The highest BCUT2D eigenvalue weighted by molar-refractivity contribution is 6.30. The molecule has 0 radical (unpaired) electrons. The predicted molar refractivity (Wildman–Crippen MR) is 111 cm³/mol. The minimum atomic E-state index is -5.08. The van der Waals surface area contributed by atoms with Gasteiger partial charge in [-0.3, -0.25) is 14.4 Å². The normalized spacial score (nSPS) is 13.1. The van der Waals surface area contributed by atoms with Gasteiger partial charge in [0.25, 0.3) is 0 Å². The summed E-state index contributed by atoms with van der Waals surface area (Å²) < 4.78 is 36.7. The van der Waals surface area contributed by atoms with Gasteiger partial charge in [-0.2, -0.15) is 13.2 Å². The summed E-state index contributed by atoms with van der Waals surface area (Å²) in [6.45, 7) is 2.29. The molecule has 2 aromatic rings. The molecule has 0 fully saturated rings. The van der Waals surface area contributed by atoms with Gasteiger partial charge in [-0.1, -0.05) is 36.4 Å². The minimum Gasteiger partial charge on any atom is -0.475 e. The smallest absolute Gasteiger partial charge is 0.475 e. The van der Waals surface area contributed by atoms with Crippen LogP contribution < -0.4 is 11.1 Å². The van der Waals surface area contributed by atoms with E-state index in [9.17, 15) is 27.6 Å². The zero-order valence-electron chi connectivity index (χ0n) is 17.4. The number of ketones is 2. The highest BCUT2D eigenvalue weighted by Gasteiger charge is 2.38. The van der Waals surface area contributed by atoms with Gasteiger partial charge in [-0.05, 0) is 19.4 Å². The van der Waals surface area contributed by atoms with E-state index in [1.165, 1.54) is 0 Å². The summed E-state index contributed by atoms with van der Waals surface area (Å²) in [5.41, 5.74) is 7.68.